The van der Waals surface area contributed by atoms with Crippen LogP contribution in [0.5, 0.6) is 0 Å². The Morgan fingerprint density at radius 3 is 2.45 bits per heavy atom. The number of amides is 1. The summed E-state index contributed by atoms with van der Waals surface area (Å²) < 4.78 is 21.1. The molecule has 0 aliphatic carbocycles. The molecular weight excluding hydrogens is 531 g/mol. The Morgan fingerprint density at radius 1 is 0.976 bits per heavy atom. The number of aromatic nitrogens is 4. The zero-order valence-corrected chi connectivity index (χ0v) is 24.4. The van der Waals surface area contributed by atoms with Crippen LogP contribution in [0.4, 0.5) is 14.9 Å². The lowest BCUT2D eigenvalue weighted by atomic mass is 10.0. The molecule has 1 aliphatic heterocycles. The van der Waals surface area contributed by atoms with Gasteiger partial charge in [0, 0.05) is 72.0 Å². The average Bonchev–Trinajstić information content (AvgIpc) is 3.54. The summed E-state index contributed by atoms with van der Waals surface area (Å²) in [5.74, 6) is -0.249. The number of carbonyl (C=O) groups is 1. The number of halogens is 1. The monoisotopic (exact) mass is 566 g/mol. The highest BCUT2D eigenvalue weighted by atomic mass is 19.1. The SMILES string of the molecule is Cc1c(-c2c[nH]c3ncc(-c4ccc(N5CCN(C(=O)OC(C)(C)C)CC5)cc4)cc23)cnn1Cc1cccc(F)c1. The average molecular weight is 567 g/mol. The van der Waals surface area contributed by atoms with Crippen molar-refractivity contribution in [3.63, 3.8) is 0 Å². The number of pyridine rings is 1. The molecule has 1 N–H and O–H groups in total. The van der Waals surface area contributed by atoms with Crippen molar-refractivity contribution in [2.45, 2.75) is 39.8 Å². The van der Waals surface area contributed by atoms with Crippen molar-refractivity contribution in [1.82, 2.24) is 24.6 Å². The Bertz CT molecular complexity index is 1730. The smallest absolute Gasteiger partial charge is 0.410 e. The van der Waals surface area contributed by atoms with Crippen LogP contribution in [0.1, 0.15) is 32.0 Å². The van der Waals surface area contributed by atoms with Crippen molar-refractivity contribution >= 4 is 22.8 Å². The molecule has 1 fully saturated rings. The summed E-state index contributed by atoms with van der Waals surface area (Å²) in [6.45, 7) is 11.0. The molecule has 0 saturated carbocycles. The number of hydrogen-bond donors (Lipinski definition) is 1. The number of benzene rings is 2. The van der Waals surface area contributed by atoms with Gasteiger partial charge in [0.05, 0.1) is 12.7 Å². The maximum atomic E-state index is 13.7. The van der Waals surface area contributed by atoms with E-state index in [4.69, 9.17) is 9.72 Å². The molecule has 0 radical (unpaired) electrons. The first-order valence-electron chi connectivity index (χ1n) is 14.2. The van der Waals surface area contributed by atoms with E-state index in [2.05, 4.69) is 45.3 Å². The van der Waals surface area contributed by atoms with Crippen LogP contribution in [0.15, 0.2) is 73.2 Å². The fourth-order valence-electron chi connectivity index (χ4n) is 5.40. The van der Waals surface area contributed by atoms with Gasteiger partial charge in [0.15, 0.2) is 0 Å². The zero-order valence-electron chi connectivity index (χ0n) is 24.4. The number of anilines is 1. The van der Waals surface area contributed by atoms with Crippen molar-refractivity contribution in [2.75, 3.05) is 31.1 Å². The van der Waals surface area contributed by atoms with E-state index in [0.29, 0.717) is 19.6 Å². The molecule has 0 unspecified atom stereocenters. The number of aromatic amines is 1. The normalized spacial score (nSPS) is 14.0. The first kappa shape index (κ1) is 27.5. The molecule has 4 heterocycles. The van der Waals surface area contributed by atoms with E-state index in [1.165, 1.54) is 12.1 Å². The van der Waals surface area contributed by atoms with Gasteiger partial charge in [0.25, 0.3) is 0 Å². The Kier molecular flexibility index (Phi) is 7.18. The quantitative estimate of drug-likeness (QED) is 0.258. The third-order valence-corrected chi connectivity index (χ3v) is 7.64. The van der Waals surface area contributed by atoms with Gasteiger partial charge in [-0.15, -0.1) is 0 Å². The summed E-state index contributed by atoms with van der Waals surface area (Å²) in [7, 11) is 0. The zero-order chi connectivity index (χ0) is 29.4. The fourth-order valence-corrected chi connectivity index (χ4v) is 5.40. The lowest BCUT2D eigenvalue weighted by Gasteiger charge is -2.36. The number of rotatable bonds is 5. The van der Waals surface area contributed by atoms with Crippen LogP contribution >= 0.6 is 0 Å². The molecule has 8 nitrogen and oxygen atoms in total. The highest BCUT2D eigenvalue weighted by molar-refractivity contribution is 5.96. The topological polar surface area (TPSA) is 79.3 Å². The summed E-state index contributed by atoms with van der Waals surface area (Å²) >= 11 is 0. The highest BCUT2D eigenvalue weighted by Gasteiger charge is 2.26. The largest absolute Gasteiger partial charge is 0.444 e. The third-order valence-electron chi connectivity index (χ3n) is 7.64. The number of hydrogen-bond acceptors (Lipinski definition) is 5. The van der Waals surface area contributed by atoms with E-state index in [-0.39, 0.29) is 11.9 Å². The van der Waals surface area contributed by atoms with Gasteiger partial charge in [0.2, 0.25) is 0 Å². The summed E-state index contributed by atoms with van der Waals surface area (Å²) in [5.41, 5.74) is 7.45. The summed E-state index contributed by atoms with van der Waals surface area (Å²) in [4.78, 5) is 24.5. The molecule has 6 rings (SSSR count). The minimum absolute atomic E-state index is 0.249. The van der Waals surface area contributed by atoms with Gasteiger partial charge in [-0.3, -0.25) is 4.68 Å². The Balaban J connectivity index is 1.18. The van der Waals surface area contributed by atoms with Gasteiger partial charge < -0.3 is 19.5 Å². The predicted octanol–water partition coefficient (Wildman–Crippen LogP) is 6.65. The number of carbonyl (C=O) groups excluding carboxylic acids is 1. The van der Waals surface area contributed by atoms with Gasteiger partial charge >= 0.3 is 6.09 Å². The fraction of sp³-hybridized carbons (Fsp3) is 0.303. The van der Waals surface area contributed by atoms with Gasteiger partial charge in [-0.05, 0) is 69.2 Å². The number of fused-ring (bicyclic) bond motifs is 1. The lowest BCUT2D eigenvalue weighted by Crippen LogP contribution is -2.50. The van der Waals surface area contributed by atoms with Gasteiger partial charge in [-0.1, -0.05) is 24.3 Å². The predicted molar refractivity (Wildman–Crippen MR) is 163 cm³/mol. The maximum Gasteiger partial charge on any atom is 0.410 e. The van der Waals surface area contributed by atoms with Gasteiger partial charge in [-0.25, -0.2) is 14.2 Å². The Morgan fingerprint density at radius 2 is 1.74 bits per heavy atom. The minimum Gasteiger partial charge on any atom is -0.444 e. The number of piperazine rings is 1. The number of nitrogens with zero attached hydrogens (tertiary/aromatic N) is 5. The van der Waals surface area contributed by atoms with Crippen LogP contribution in [0.3, 0.4) is 0 Å². The van der Waals surface area contributed by atoms with Crippen LogP contribution in [-0.4, -0.2) is 62.5 Å². The van der Waals surface area contributed by atoms with Gasteiger partial charge in [-0.2, -0.15) is 5.10 Å². The molecule has 0 atom stereocenters. The molecule has 1 saturated heterocycles. The second-order valence-electron chi connectivity index (χ2n) is 11.8. The van der Waals surface area contributed by atoms with Crippen molar-refractivity contribution in [2.24, 2.45) is 0 Å². The Labute approximate surface area is 244 Å². The van der Waals surface area contributed by atoms with E-state index >= 15 is 0 Å². The molecule has 216 valence electrons. The number of ether oxygens (including phenoxy) is 1. The van der Waals surface area contributed by atoms with E-state index < -0.39 is 5.60 Å². The molecule has 9 heteroatoms. The van der Waals surface area contributed by atoms with Crippen molar-refractivity contribution in [3.8, 4) is 22.3 Å². The van der Waals surface area contributed by atoms with Crippen LogP contribution in [0.25, 0.3) is 33.3 Å². The van der Waals surface area contributed by atoms with Crippen molar-refractivity contribution < 1.29 is 13.9 Å². The third kappa shape index (κ3) is 5.72. The highest BCUT2D eigenvalue weighted by Crippen LogP contribution is 2.33. The second kappa shape index (κ2) is 11.0. The first-order valence-corrected chi connectivity index (χ1v) is 14.2. The first-order chi connectivity index (χ1) is 20.1. The summed E-state index contributed by atoms with van der Waals surface area (Å²) in [5, 5.41) is 5.61. The number of nitrogens with one attached hydrogen (secondary N) is 1. The maximum absolute atomic E-state index is 13.7. The molecular formula is C33H35FN6O2. The van der Waals surface area contributed by atoms with Crippen LogP contribution in [-0.2, 0) is 11.3 Å². The molecule has 5 aromatic rings. The molecule has 42 heavy (non-hydrogen) atoms. The molecule has 3 aromatic heterocycles. The molecule has 1 aliphatic rings. The molecule has 1 amide bonds. The van der Waals surface area contributed by atoms with Crippen molar-refractivity contribution in [3.05, 3.63) is 90.3 Å². The Hall–Kier alpha value is -4.66. The van der Waals surface area contributed by atoms with Crippen LogP contribution in [0.2, 0.25) is 0 Å². The van der Waals surface area contributed by atoms with E-state index in [9.17, 15) is 9.18 Å². The van der Waals surface area contributed by atoms with E-state index in [1.807, 2.05) is 57.0 Å². The lowest BCUT2D eigenvalue weighted by molar-refractivity contribution is 0.0240. The standard InChI is InChI=1S/C33H35FN6O2/c1-22-29(20-37-40(22)21-23-6-5-7-26(34)16-23)30-19-36-31-28(30)17-25(18-35-31)24-8-10-27(11-9-24)38-12-14-39(15-13-38)32(41)42-33(2,3)4/h5-11,16-20H,12-15,21H2,1-4H3,(H,35,36). The van der Waals surface area contributed by atoms with E-state index in [0.717, 1.165) is 63.3 Å². The molecule has 0 bridgehead atoms. The van der Waals surface area contributed by atoms with E-state index in [1.54, 1.807) is 11.0 Å². The van der Waals surface area contributed by atoms with Crippen molar-refractivity contribution in [1.29, 1.82) is 0 Å². The minimum atomic E-state index is -0.492. The van der Waals surface area contributed by atoms with Crippen LogP contribution < -0.4 is 4.90 Å². The summed E-state index contributed by atoms with van der Waals surface area (Å²) in [6.07, 6.45) is 5.47. The number of H-pyrrole nitrogens is 1. The second-order valence-corrected chi connectivity index (χ2v) is 11.8. The molecule has 2 aromatic carbocycles. The van der Waals surface area contributed by atoms with Gasteiger partial charge in [0.1, 0.15) is 17.1 Å². The van der Waals surface area contributed by atoms with Crippen LogP contribution in [0, 0.1) is 12.7 Å². The molecule has 0 spiro atoms. The summed E-state index contributed by atoms with van der Waals surface area (Å²) in [6, 6.07) is 17.3.